The third-order valence-corrected chi connectivity index (χ3v) is 5.36. The second kappa shape index (κ2) is 8.68. The Balaban J connectivity index is 2.45. The van der Waals surface area contributed by atoms with Gasteiger partial charge in [-0.15, -0.1) is 0 Å². The monoisotopic (exact) mass is 378 g/mol. The second-order valence-electron chi connectivity index (χ2n) is 6.39. The normalized spacial score (nSPS) is 14.0. The highest BCUT2D eigenvalue weighted by Crippen LogP contribution is 2.39. The van der Waals surface area contributed by atoms with Crippen LogP contribution in [-0.2, 0) is 0 Å². The first-order chi connectivity index (χ1) is 11.9. The molecular formula is C20H24Cl2N2O. The summed E-state index contributed by atoms with van der Waals surface area (Å²) in [6, 6.07) is 8.97. The minimum atomic E-state index is 0.253. The fraction of sp³-hybridized carbons (Fsp3) is 0.400. The first kappa shape index (κ1) is 19.7. The van der Waals surface area contributed by atoms with Crippen LogP contribution in [0.4, 0.5) is 11.4 Å². The molecule has 0 saturated heterocycles. The fourth-order valence-electron chi connectivity index (χ4n) is 2.58. The second-order valence-corrected chi connectivity index (χ2v) is 7.20. The lowest BCUT2D eigenvalue weighted by Crippen LogP contribution is -1.98. The number of aromatic hydroxyl groups is 1. The number of halogens is 2. The Bertz CT molecular complexity index is 743. The van der Waals surface area contributed by atoms with Crippen molar-refractivity contribution in [3.05, 3.63) is 51.5 Å². The first-order valence-electron chi connectivity index (χ1n) is 8.60. The van der Waals surface area contributed by atoms with Crippen LogP contribution in [0.25, 0.3) is 0 Å². The molecule has 0 aliphatic carbocycles. The molecule has 0 heterocycles. The molecule has 0 fully saturated rings. The van der Waals surface area contributed by atoms with E-state index in [-0.39, 0.29) is 11.8 Å². The molecule has 0 aliphatic heterocycles. The van der Waals surface area contributed by atoms with Gasteiger partial charge in [0, 0.05) is 0 Å². The number of azo groups is 1. The summed E-state index contributed by atoms with van der Waals surface area (Å²) in [5.41, 5.74) is 3.21. The third-order valence-electron chi connectivity index (χ3n) is 4.62. The molecule has 0 saturated carbocycles. The average Bonchev–Trinajstić information content (AvgIpc) is 2.62. The number of benzene rings is 2. The van der Waals surface area contributed by atoms with Crippen molar-refractivity contribution in [3.8, 4) is 5.75 Å². The quantitative estimate of drug-likeness (QED) is 0.506. The largest absolute Gasteiger partial charge is 0.507 e. The molecule has 3 nitrogen and oxygen atoms in total. The van der Waals surface area contributed by atoms with E-state index in [1.807, 2.05) is 12.1 Å². The van der Waals surface area contributed by atoms with Crippen LogP contribution in [0.15, 0.2) is 40.6 Å². The average molecular weight is 379 g/mol. The van der Waals surface area contributed by atoms with E-state index in [9.17, 15) is 5.11 Å². The van der Waals surface area contributed by atoms with Crippen LogP contribution in [0.1, 0.15) is 63.5 Å². The standard InChI is InChI=1S/C20H24Cl2N2O/c1-5-12(3)16-9-15(10-17(20(16)25)13(4)6-2)24-23-14-7-8-18(21)19(22)11-14/h7-13,25H,5-6H2,1-4H3. The highest BCUT2D eigenvalue weighted by molar-refractivity contribution is 6.42. The molecule has 134 valence electrons. The number of phenolic OH excluding ortho intramolecular Hbond substituents is 1. The summed E-state index contributed by atoms with van der Waals surface area (Å²) >= 11 is 11.9. The first-order valence-corrected chi connectivity index (χ1v) is 9.36. The van der Waals surface area contributed by atoms with E-state index in [1.54, 1.807) is 18.2 Å². The van der Waals surface area contributed by atoms with Crippen LogP contribution in [0.5, 0.6) is 5.75 Å². The summed E-state index contributed by atoms with van der Waals surface area (Å²) in [5, 5.41) is 20.2. The maximum absolute atomic E-state index is 10.7. The zero-order valence-corrected chi connectivity index (χ0v) is 16.6. The van der Waals surface area contributed by atoms with Crippen molar-refractivity contribution in [2.75, 3.05) is 0 Å². The SMILES string of the molecule is CCC(C)c1cc(N=Nc2ccc(Cl)c(Cl)c2)cc(C(C)CC)c1O. The van der Waals surface area contributed by atoms with Gasteiger partial charge in [-0.25, -0.2) is 0 Å². The lowest BCUT2D eigenvalue weighted by molar-refractivity contribution is 0.449. The van der Waals surface area contributed by atoms with E-state index in [2.05, 4.69) is 37.9 Å². The molecule has 0 aromatic heterocycles. The lowest BCUT2D eigenvalue weighted by Gasteiger charge is -2.18. The number of rotatable bonds is 6. The molecule has 2 rings (SSSR count). The van der Waals surface area contributed by atoms with Crippen LogP contribution < -0.4 is 0 Å². The molecule has 2 atom stereocenters. The molecular weight excluding hydrogens is 355 g/mol. The van der Waals surface area contributed by atoms with Gasteiger partial charge in [0.15, 0.2) is 0 Å². The smallest absolute Gasteiger partial charge is 0.122 e. The molecule has 0 spiro atoms. The van der Waals surface area contributed by atoms with Gasteiger partial charge in [-0.2, -0.15) is 10.2 Å². The van der Waals surface area contributed by atoms with Crippen LogP contribution >= 0.6 is 23.2 Å². The Morgan fingerprint density at radius 3 is 1.84 bits per heavy atom. The summed E-state index contributed by atoms with van der Waals surface area (Å²) in [4.78, 5) is 0. The summed E-state index contributed by atoms with van der Waals surface area (Å²) in [7, 11) is 0. The Hall–Kier alpha value is -1.58. The molecule has 0 bridgehead atoms. The zero-order valence-electron chi connectivity index (χ0n) is 15.1. The number of phenols is 1. The molecule has 0 radical (unpaired) electrons. The van der Waals surface area contributed by atoms with Crippen LogP contribution in [0.2, 0.25) is 10.0 Å². The molecule has 2 aromatic carbocycles. The van der Waals surface area contributed by atoms with E-state index < -0.39 is 0 Å². The molecule has 0 amide bonds. The minimum absolute atomic E-state index is 0.253. The maximum atomic E-state index is 10.7. The topological polar surface area (TPSA) is 45.0 Å². The molecule has 2 unspecified atom stereocenters. The Morgan fingerprint density at radius 2 is 1.36 bits per heavy atom. The van der Waals surface area contributed by atoms with Gasteiger partial charge in [0.1, 0.15) is 5.75 Å². The van der Waals surface area contributed by atoms with E-state index in [0.717, 1.165) is 29.7 Å². The Kier molecular flexibility index (Phi) is 6.86. The van der Waals surface area contributed by atoms with Crippen LogP contribution in [0, 0.1) is 0 Å². The van der Waals surface area contributed by atoms with E-state index in [0.29, 0.717) is 21.5 Å². The highest BCUT2D eigenvalue weighted by atomic mass is 35.5. The van der Waals surface area contributed by atoms with Gasteiger partial charge in [0.25, 0.3) is 0 Å². The minimum Gasteiger partial charge on any atom is -0.507 e. The Morgan fingerprint density at radius 1 is 0.840 bits per heavy atom. The van der Waals surface area contributed by atoms with Crippen molar-refractivity contribution in [3.63, 3.8) is 0 Å². The highest BCUT2D eigenvalue weighted by Gasteiger charge is 2.17. The van der Waals surface area contributed by atoms with Crippen molar-refractivity contribution in [2.24, 2.45) is 10.2 Å². The zero-order chi connectivity index (χ0) is 18.6. The summed E-state index contributed by atoms with van der Waals surface area (Å²) in [6.45, 7) is 8.43. The van der Waals surface area contributed by atoms with Gasteiger partial charge in [0.05, 0.1) is 21.4 Å². The van der Waals surface area contributed by atoms with Gasteiger partial charge >= 0.3 is 0 Å². The summed E-state index contributed by atoms with van der Waals surface area (Å²) in [6.07, 6.45) is 1.89. The molecule has 5 heteroatoms. The number of nitrogens with zero attached hydrogens (tertiary/aromatic N) is 2. The van der Waals surface area contributed by atoms with Gasteiger partial charge in [-0.1, -0.05) is 50.9 Å². The maximum Gasteiger partial charge on any atom is 0.122 e. The van der Waals surface area contributed by atoms with Crippen LogP contribution in [-0.4, -0.2) is 5.11 Å². The number of hydrogen-bond donors (Lipinski definition) is 1. The van der Waals surface area contributed by atoms with Crippen molar-refractivity contribution < 1.29 is 5.11 Å². The molecule has 2 aromatic rings. The molecule has 0 aliphatic rings. The lowest BCUT2D eigenvalue weighted by atomic mass is 9.89. The molecule has 25 heavy (non-hydrogen) atoms. The summed E-state index contributed by atoms with van der Waals surface area (Å²) in [5.74, 6) is 0.892. The van der Waals surface area contributed by atoms with Gasteiger partial charge in [-0.05, 0) is 66.1 Å². The van der Waals surface area contributed by atoms with Crippen molar-refractivity contribution in [2.45, 2.75) is 52.4 Å². The fourth-order valence-corrected chi connectivity index (χ4v) is 2.87. The van der Waals surface area contributed by atoms with E-state index in [1.165, 1.54) is 0 Å². The van der Waals surface area contributed by atoms with Crippen molar-refractivity contribution in [1.82, 2.24) is 0 Å². The van der Waals surface area contributed by atoms with Gasteiger partial charge in [0.2, 0.25) is 0 Å². The predicted octanol–water partition coefficient (Wildman–Crippen LogP) is 8.14. The van der Waals surface area contributed by atoms with Crippen molar-refractivity contribution in [1.29, 1.82) is 0 Å². The molecule has 1 N–H and O–H groups in total. The Labute approximate surface area is 159 Å². The number of hydrogen-bond acceptors (Lipinski definition) is 3. The van der Waals surface area contributed by atoms with Crippen molar-refractivity contribution >= 4 is 34.6 Å². The van der Waals surface area contributed by atoms with Gasteiger partial charge in [-0.3, -0.25) is 0 Å². The van der Waals surface area contributed by atoms with Crippen LogP contribution in [0.3, 0.4) is 0 Å². The van der Waals surface area contributed by atoms with E-state index in [4.69, 9.17) is 23.2 Å². The van der Waals surface area contributed by atoms with Gasteiger partial charge < -0.3 is 5.11 Å². The third kappa shape index (κ3) is 4.74. The van der Waals surface area contributed by atoms with E-state index >= 15 is 0 Å². The summed E-state index contributed by atoms with van der Waals surface area (Å²) < 4.78 is 0. The predicted molar refractivity (Wildman–Crippen MR) is 106 cm³/mol.